The van der Waals surface area contributed by atoms with Crippen molar-refractivity contribution in [1.29, 1.82) is 0 Å². The zero-order valence-corrected chi connectivity index (χ0v) is 37.0. The lowest BCUT2D eigenvalue weighted by molar-refractivity contribution is -0.147. The molecular formula is C35H64N4O19P2. The van der Waals surface area contributed by atoms with Crippen molar-refractivity contribution in [1.82, 2.24) is 16.0 Å². The maximum absolute atomic E-state index is 12.8. The summed E-state index contributed by atoms with van der Waals surface area (Å²) >= 11 is 0. The van der Waals surface area contributed by atoms with Gasteiger partial charge in [0, 0.05) is 53.6 Å². The SMILES string of the molecule is C=CCOP(=O)(OCCN)OC[C@H](COCC[C@@H](C)OC(C)=O)NC(C)=O.C=CCOP(=O)(OCCNC(=O)CC(=O)O)OC[C@@H](COCC[C@@H](C)OC(C)=O)NC(C)=O. The third kappa shape index (κ3) is 36.3. The molecule has 6 atom stereocenters. The number of rotatable bonds is 35. The number of phosphoric ester groups is 2. The Bertz CT molecular complexity index is 1410. The Morgan fingerprint density at radius 3 is 1.42 bits per heavy atom. The van der Waals surface area contributed by atoms with Crippen LogP contribution in [0.3, 0.4) is 0 Å². The van der Waals surface area contributed by atoms with Gasteiger partial charge in [0.25, 0.3) is 0 Å². The van der Waals surface area contributed by atoms with Crippen LogP contribution in [0.25, 0.3) is 0 Å². The Labute approximate surface area is 351 Å². The van der Waals surface area contributed by atoms with Crippen molar-refractivity contribution in [2.75, 3.05) is 79.2 Å². The summed E-state index contributed by atoms with van der Waals surface area (Å²) in [4.78, 5) is 66.4. The van der Waals surface area contributed by atoms with E-state index in [0.29, 0.717) is 19.4 Å². The number of ether oxygens (including phenoxy) is 4. The smallest absolute Gasteiger partial charge is 0.475 e. The Kier molecular flexibility index (Phi) is 34.2. The fraction of sp³-hybridized carbons (Fsp3) is 0.714. The summed E-state index contributed by atoms with van der Waals surface area (Å²) < 4.78 is 77.1. The summed E-state index contributed by atoms with van der Waals surface area (Å²) in [7, 11) is -7.93. The van der Waals surface area contributed by atoms with E-state index < -0.39 is 52.0 Å². The summed E-state index contributed by atoms with van der Waals surface area (Å²) in [6.07, 6.45) is 2.33. The molecule has 348 valence electrons. The van der Waals surface area contributed by atoms with E-state index in [4.69, 9.17) is 56.9 Å². The highest BCUT2D eigenvalue weighted by atomic mass is 31.2. The number of aliphatic carboxylic acids is 1. The van der Waals surface area contributed by atoms with Gasteiger partial charge >= 0.3 is 33.6 Å². The minimum Gasteiger partial charge on any atom is -0.481 e. The number of hydrogen-bond acceptors (Lipinski definition) is 19. The first-order valence-corrected chi connectivity index (χ1v) is 21.6. The molecule has 0 fully saturated rings. The van der Waals surface area contributed by atoms with E-state index in [1.165, 1.54) is 39.8 Å². The van der Waals surface area contributed by atoms with Crippen molar-refractivity contribution in [2.24, 2.45) is 5.73 Å². The van der Waals surface area contributed by atoms with Gasteiger partial charge in [0.05, 0.1) is 78.2 Å². The molecule has 3 amide bonds. The van der Waals surface area contributed by atoms with Gasteiger partial charge in [-0.05, 0) is 13.8 Å². The van der Waals surface area contributed by atoms with E-state index >= 15 is 0 Å². The highest BCUT2D eigenvalue weighted by Gasteiger charge is 2.29. The van der Waals surface area contributed by atoms with Crippen molar-refractivity contribution >= 4 is 51.3 Å². The number of amides is 3. The lowest BCUT2D eigenvalue weighted by Crippen LogP contribution is -2.40. The fourth-order valence-electron chi connectivity index (χ4n) is 4.06. The van der Waals surface area contributed by atoms with Crippen molar-refractivity contribution in [3.8, 4) is 0 Å². The molecule has 60 heavy (non-hydrogen) atoms. The lowest BCUT2D eigenvalue weighted by atomic mass is 10.3. The van der Waals surface area contributed by atoms with Gasteiger partial charge in [-0.3, -0.25) is 55.9 Å². The second-order valence-corrected chi connectivity index (χ2v) is 15.7. The van der Waals surface area contributed by atoms with Crippen molar-refractivity contribution in [3.05, 3.63) is 25.3 Å². The molecule has 0 spiro atoms. The Morgan fingerprint density at radius 2 is 1.07 bits per heavy atom. The Hall–Kier alpha value is -3.60. The fourth-order valence-corrected chi connectivity index (χ4v) is 6.45. The summed E-state index contributed by atoms with van der Waals surface area (Å²) in [5.74, 6) is -3.46. The van der Waals surface area contributed by atoms with Gasteiger partial charge in [0.2, 0.25) is 17.7 Å². The van der Waals surface area contributed by atoms with E-state index in [9.17, 15) is 37.9 Å². The van der Waals surface area contributed by atoms with E-state index in [2.05, 4.69) is 29.1 Å². The highest BCUT2D eigenvalue weighted by molar-refractivity contribution is 7.48. The Balaban J connectivity index is 0. The molecule has 0 aliphatic carbocycles. The van der Waals surface area contributed by atoms with Crippen LogP contribution in [0.15, 0.2) is 25.3 Å². The van der Waals surface area contributed by atoms with Gasteiger partial charge in [0.15, 0.2) is 0 Å². The number of carbonyl (C=O) groups is 6. The molecule has 0 rings (SSSR count). The maximum atomic E-state index is 12.8. The molecule has 0 heterocycles. The van der Waals surface area contributed by atoms with Gasteiger partial charge in [-0.15, -0.1) is 13.2 Å². The van der Waals surface area contributed by atoms with E-state index in [1.807, 2.05) is 0 Å². The van der Waals surface area contributed by atoms with Crippen LogP contribution < -0.4 is 21.7 Å². The minimum atomic E-state index is -4.09. The molecule has 0 saturated carbocycles. The molecule has 0 bridgehead atoms. The van der Waals surface area contributed by atoms with Crippen LogP contribution in [0.2, 0.25) is 0 Å². The average molecular weight is 907 g/mol. The summed E-state index contributed by atoms with van der Waals surface area (Å²) in [5.41, 5.74) is 5.34. The largest absolute Gasteiger partial charge is 0.481 e. The monoisotopic (exact) mass is 906 g/mol. The molecule has 0 aliphatic rings. The van der Waals surface area contributed by atoms with Crippen LogP contribution in [-0.2, 0) is 84.0 Å². The molecule has 0 aliphatic heterocycles. The van der Waals surface area contributed by atoms with Gasteiger partial charge in [-0.2, -0.15) is 0 Å². The third-order valence-corrected chi connectivity index (χ3v) is 9.30. The molecule has 0 aromatic heterocycles. The maximum Gasteiger partial charge on any atom is 0.475 e. The third-order valence-electron chi connectivity index (χ3n) is 6.45. The van der Waals surface area contributed by atoms with Crippen LogP contribution in [0.1, 0.15) is 60.8 Å². The summed E-state index contributed by atoms with van der Waals surface area (Å²) in [5, 5.41) is 16.1. The standard InChI is InChI=1S/C19H33N2O11P.C16H31N2O8P/c1-5-8-29-33(27,30-10-7-20-18(24)11-19(25)26)31-13-17(21-15(3)22)12-28-9-6-14(2)32-16(4)23;1-5-8-23-27(21,24-10-7-17)25-12-16(18-14(3)19)11-22-9-6-13(2)26-15(4)20/h5,14,17H,1,6-13H2,2-4H3,(H,20,24)(H,21,22)(H,25,26);5,13,16H,1,6-12,17H2,2-4H3,(H,18,19)/t14-,17-,33?;13-,16+,27?/m11/s1. The summed E-state index contributed by atoms with van der Waals surface area (Å²) in [6.45, 7) is 15.4. The van der Waals surface area contributed by atoms with Gasteiger partial charge in [-0.25, -0.2) is 9.13 Å². The minimum absolute atomic E-state index is 0.0102. The number of carboxylic acids is 1. The molecule has 2 unspecified atom stereocenters. The number of carboxylic acid groups (broad SMARTS) is 1. The molecule has 0 aromatic carbocycles. The van der Waals surface area contributed by atoms with Crippen LogP contribution >= 0.6 is 15.6 Å². The number of nitrogens with two attached hydrogens (primary N) is 1. The number of carbonyl (C=O) groups excluding carboxylic acids is 5. The molecule has 0 aromatic rings. The van der Waals surface area contributed by atoms with Gasteiger partial charge in [-0.1, -0.05) is 12.2 Å². The predicted octanol–water partition coefficient (Wildman–Crippen LogP) is 1.94. The number of nitrogens with one attached hydrogen (secondary N) is 3. The van der Waals surface area contributed by atoms with Crippen molar-refractivity contribution in [3.63, 3.8) is 0 Å². The van der Waals surface area contributed by atoms with Crippen molar-refractivity contribution < 1.29 is 89.1 Å². The highest BCUT2D eigenvalue weighted by Crippen LogP contribution is 2.50. The van der Waals surface area contributed by atoms with Crippen LogP contribution in [-0.4, -0.2) is 144 Å². The second-order valence-electron chi connectivity index (χ2n) is 12.4. The second kappa shape index (κ2) is 35.0. The van der Waals surface area contributed by atoms with Crippen LogP contribution in [0.4, 0.5) is 0 Å². The normalized spacial score (nSPS) is 14.8. The summed E-state index contributed by atoms with van der Waals surface area (Å²) in [6, 6.07) is -1.26. The zero-order chi connectivity index (χ0) is 46.0. The first-order chi connectivity index (χ1) is 28.2. The number of hydrogen-bond donors (Lipinski definition) is 5. The van der Waals surface area contributed by atoms with Crippen molar-refractivity contribution in [2.45, 2.75) is 85.1 Å². The molecule has 25 heteroatoms. The first kappa shape index (κ1) is 58.5. The number of phosphoric acid groups is 2. The lowest BCUT2D eigenvalue weighted by Gasteiger charge is -2.22. The topological polar surface area (TPSA) is 311 Å². The van der Waals surface area contributed by atoms with E-state index in [-0.39, 0.29) is 103 Å². The Morgan fingerprint density at radius 1 is 0.650 bits per heavy atom. The quantitative estimate of drug-likeness (QED) is 0.0199. The van der Waals surface area contributed by atoms with E-state index in [0.717, 1.165) is 0 Å². The number of esters is 2. The molecular weight excluding hydrogens is 842 g/mol. The predicted molar refractivity (Wildman–Crippen MR) is 214 cm³/mol. The first-order valence-electron chi connectivity index (χ1n) is 18.7. The van der Waals surface area contributed by atoms with Crippen LogP contribution in [0.5, 0.6) is 0 Å². The van der Waals surface area contributed by atoms with Gasteiger partial charge < -0.3 is 45.7 Å². The average Bonchev–Trinajstić information content (AvgIpc) is 3.14. The molecule has 0 radical (unpaired) electrons. The molecule has 23 nitrogen and oxygen atoms in total. The zero-order valence-electron chi connectivity index (χ0n) is 35.3. The molecule has 6 N–H and O–H groups in total. The van der Waals surface area contributed by atoms with Crippen LogP contribution in [0, 0.1) is 0 Å². The molecule has 0 saturated heterocycles. The van der Waals surface area contributed by atoms with Gasteiger partial charge in [0.1, 0.15) is 18.6 Å². The van der Waals surface area contributed by atoms with E-state index in [1.54, 1.807) is 13.8 Å².